The number of aryl methyl sites for hydroxylation is 1. The van der Waals surface area contributed by atoms with Crippen LogP contribution in [0.15, 0.2) is 48.5 Å². The molecule has 0 unspecified atom stereocenters. The molecule has 9 nitrogen and oxygen atoms in total. The fourth-order valence-electron chi connectivity index (χ4n) is 4.09. The maximum atomic E-state index is 12.8. The van der Waals surface area contributed by atoms with Crippen LogP contribution in [0.25, 0.3) is 5.69 Å². The first-order valence-electron chi connectivity index (χ1n) is 10.4. The van der Waals surface area contributed by atoms with E-state index in [0.29, 0.717) is 33.9 Å². The van der Waals surface area contributed by atoms with Crippen LogP contribution in [0.4, 0.5) is 5.82 Å². The van der Waals surface area contributed by atoms with Gasteiger partial charge in [-0.05, 0) is 31.2 Å². The quantitative estimate of drug-likeness (QED) is 0.579. The van der Waals surface area contributed by atoms with Crippen LogP contribution in [0.3, 0.4) is 0 Å². The zero-order chi connectivity index (χ0) is 23.3. The van der Waals surface area contributed by atoms with Crippen molar-refractivity contribution >= 4 is 33.4 Å². The molecule has 1 N–H and O–H groups in total. The van der Waals surface area contributed by atoms with E-state index >= 15 is 0 Å². The Morgan fingerprint density at radius 1 is 1.00 bits per heavy atom. The monoisotopic (exact) mass is 464 g/mol. The lowest BCUT2D eigenvalue weighted by atomic mass is 10.1. The molecule has 3 heterocycles. The number of imide groups is 1. The Hall–Kier alpha value is -3.79. The maximum absolute atomic E-state index is 12.8. The van der Waals surface area contributed by atoms with Gasteiger partial charge >= 0.3 is 0 Å². The molecule has 5 rings (SSSR count). The van der Waals surface area contributed by atoms with Crippen LogP contribution >= 0.6 is 0 Å². The van der Waals surface area contributed by atoms with E-state index in [9.17, 15) is 22.8 Å². The van der Waals surface area contributed by atoms with Crippen molar-refractivity contribution in [3.63, 3.8) is 0 Å². The number of sulfone groups is 1. The topological polar surface area (TPSA) is 118 Å². The van der Waals surface area contributed by atoms with E-state index in [1.165, 1.54) is 4.68 Å². The third kappa shape index (κ3) is 3.72. The van der Waals surface area contributed by atoms with Crippen LogP contribution in [0.2, 0.25) is 0 Å². The highest BCUT2D eigenvalue weighted by Gasteiger charge is 2.36. The van der Waals surface area contributed by atoms with E-state index in [-0.39, 0.29) is 24.5 Å². The molecule has 33 heavy (non-hydrogen) atoms. The van der Waals surface area contributed by atoms with Crippen molar-refractivity contribution in [2.75, 3.05) is 11.9 Å². The summed E-state index contributed by atoms with van der Waals surface area (Å²) in [6.45, 7) is 1.86. The number of benzene rings is 2. The number of aromatic nitrogens is 2. The number of carbonyl (C=O) groups is 3. The van der Waals surface area contributed by atoms with Gasteiger partial charge in [0.25, 0.3) is 11.8 Å². The summed E-state index contributed by atoms with van der Waals surface area (Å²) >= 11 is 0. The minimum absolute atomic E-state index is 0.0860. The van der Waals surface area contributed by atoms with Crippen molar-refractivity contribution in [3.8, 4) is 5.69 Å². The lowest BCUT2D eigenvalue weighted by Gasteiger charge is -2.15. The largest absolute Gasteiger partial charge is 0.310 e. The van der Waals surface area contributed by atoms with Gasteiger partial charge in [0.2, 0.25) is 5.91 Å². The summed E-state index contributed by atoms with van der Waals surface area (Å²) in [6.07, 6.45) is -0.133. The van der Waals surface area contributed by atoms with Crippen LogP contribution in [0.1, 0.15) is 44.0 Å². The number of fused-ring (bicyclic) bond motifs is 2. The van der Waals surface area contributed by atoms with E-state index in [0.717, 1.165) is 10.5 Å². The highest BCUT2D eigenvalue weighted by atomic mass is 32.2. The Morgan fingerprint density at radius 2 is 1.64 bits per heavy atom. The fourth-order valence-corrected chi connectivity index (χ4v) is 5.59. The first-order chi connectivity index (χ1) is 15.7. The standard InChI is InChI=1S/C23H20N4O5S/c1-14-6-8-15(9-7-14)27-21(18-12-33(31,32)13-19(18)25-27)24-20(28)10-11-26-22(29)16-4-2-3-5-17(16)23(26)30/h2-9H,10-13H2,1H3,(H,24,28). The van der Waals surface area contributed by atoms with E-state index < -0.39 is 27.6 Å². The minimum Gasteiger partial charge on any atom is -0.310 e. The zero-order valence-corrected chi connectivity index (χ0v) is 18.6. The summed E-state index contributed by atoms with van der Waals surface area (Å²) in [6, 6.07) is 14.0. The van der Waals surface area contributed by atoms with Gasteiger partial charge in [-0.15, -0.1) is 0 Å². The van der Waals surface area contributed by atoms with Crippen LogP contribution < -0.4 is 5.32 Å². The molecule has 0 saturated heterocycles. The van der Waals surface area contributed by atoms with E-state index in [1.54, 1.807) is 24.3 Å². The first-order valence-corrected chi connectivity index (χ1v) is 12.2. The Morgan fingerprint density at radius 3 is 2.27 bits per heavy atom. The zero-order valence-electron chi connectivity index (χ0n) is 17.7. The summed E-state index contributed by atoms with van der Waals surface area (Å²) in [7, 11) is -3.32. The molecule has 0 aliphatic carbocycles. The SMILES string of the molecule is Cc1ccc(-n2nc3c(c2NC(=O)CCN2C(=O)c4ccccc4C2=O)CS(=O)(=O)C3)cc1. The molecule has 2 aromatic carbocycles. The molecule has 0 fully saturated rings. The van der Waals surface area contributed by atoms with Gasteiger partial charge in [-0.2, -0.15) is 5.10 Å². The van der Waals surface area contributed by atoms with Crippen molar-refractivity contribution < 1.29 is 22.8 Å². The smallest absolute Gasteiger partial charge is 0.261 e. The van der Waals surface area contributed by atoms with Crippen molar-refractivity contribution in [2.45, 2.75) is 24.9 Å². The van der Waals surface area contributed by atoms with Crippen LogP contribution in [-0.4, -0.2) is 47.4 Å². The van der Waals surface area contributed by atoms with Gasteiger partial charge in [0.15, 0.2) is 9.84 Å². The molecule has 10 heteroatoms. The predicted molar refractivity (Wildman–Crippen MR) is 120 cm³/mol. The molecule has 0 radical (unpaired) electrons. The van der Waals surface area contributed by atoms with Crippen LogP contribution in [0, 0.1) is 6.92 Å². The predicted octanol–water partition coefficient (Wildman–Crippen LogP) is 2.23. The molecule has 0 saturated carbocycles. The molecule has 3 aromatic rings. The van der Waals surface area contributed by atoms with E-state index in [4.69, 9.17) is 0 Å². The second kappa shape index (κ2) is 7.66. The third-order valence-electron chi connectivity index (χ3n) is 5.76. The highest BCUT2D eigenvalue weighted by molar-refractivity contribution is 7.90. The Balaban J connectivity index is 1.37. The number of hydrogen-bond acceptors (Lipinski definition) is 6. The number of anilines is 1. The summed E-state index contributed by atoms with van der Waals surface area (Å²) in [5.74, 6) is -1.41. The lowest BCUT2D eigenvalue weighted by molar-refractivity contribution is -0.116. The third-order valence-corrected chi connectivity index (χ3v) is 7.21. The van der Waals surface area contributed by atoms with Gasteiger partial charge in [0.05, 0.1) is 34.0 Å². The molecule has 168 valence electrons. The number of nitrogens with zero attached hydrogens (tertiary/aromatic N) is 3. The molecule has 2 aliphatic rings. The van der Waals surface area contributed by atoms with Gasteiger partial charge in [0.1, 0.15) is 5.82 Å². The van der Waals surface area contributed by atoms with Crippen molar-refractivity contribution in [1.82, 2.24) is 14.7 Å². The first kappa shape index (κ1) is 21.1. The number of hydrogen-bond donors (Lipinski definition) is 1. The van der Waals surface area contributed by atoms with Crippen molar-refractivity contribution in [2.24, 2.45) is 0 Å². The second-order valence-electron chi connectivity index (χ2n) is 8.16. The molecule has 3 amide bonds. The van der Waals surface area contributed by atoms with Gasteiger partial charge in [-0.25, -0.2) is 13.1 Å². The molecular weight excluding hydrogens is 444 g/mol. The average molecular weight is 465 g/mol. The number of nitrogens with one attached hydrogen (secondary N) is 1. The average Bonchev–Trinajstić information content (AvgIpc) is 3.34. The Kier molecular flexibility index (Phi) is 4.89. The van der Waals surface area contributed by atoms with E-state index in [2.05, 4.69) is 10.4 Å². The van der Waals surface area contributed by atoms with Gasteiger partial charge < -0.3 is 5.32 Å². The van der Waals surface area contributed by atoms with Crippen molar-refractivity contribution in [3.05, 3.63) is 76.5 Å². The van der Waals surface area contributed by atoms with E-state index in [1.807, 2.05) is 31.2 Å². The van der Waals surface area contributed by atoms with Gasteiger partial charge in [-0.3, -0.25) is 19.3 Å². The number of carbonyl (C=O) groups excluding carboxylic acids is 3. The summed E-state index contributed by atoms with van der Waals surface area (Å²) in [4.78, 5) is 38.9. The molecule has 2 aliphatic heterocycles. The number of amides is 3. The maximum Gasteiger partial charge on any atom is 0.261 e. The lowest BCUT2D eigenvalue weighted by Crippen LogP contribution is -2.33. The highest BCUT2D eigenvalue weighted by Crippen LogP contribution is 2.33. The van der Waals surface area contributed by atoms with Crippen LogP contribution in [-0.2, 0) is 26.1 Å². The normalized spacial score (nSPS) is 16.1. The molecule has 0 atom stereocenters. The van der Waals surface area contributed by atoms with Gasteiger partial charge in [-0.1, -0.05) is 29.8 Å². The summed E-state index contributed by atoms with van der Waals surface area (Å²) in [5.41, 5.74) is 3.25. The fraction of sp³-hybridized carbons (Fsp3) is 0.217. The Labute approximate surface area is 189 Å². The Bertz CT molecular complexity index is 1390. The molecule has 0 spiro atoms. The summed E-state index contributed by atoms with van der Waals surface area (Å²) < 4.78 is 25.8. The number of rotatable bonds is 5. The minimum atomic E-state index is -3.32. The second-order valence-corrected chi connectivity index (χ2v) is 10.2. The van der Waals surface area contributed by atoms with Crippen molar-refractivity contribution in [1.29, 1.82) is 0 Å². The van der Waals surface area contributed by atoms with Gasteiger partial charge in [0, 0.05) is 18.5 Å². The molecule has 1 aromatic heterocycles. The molecule has 0 bridgehead atoms. The molecular formula is C23H20N4O5S. The summed E-state index contributed by atoms with van der Waals surface area (Å²) in [5, 5.41) is 7.20. The van der Waals surface area contributed by atoms with Crippen LogP contribution in [0.5, 0.6) is 0 Å².